The number of allylic oxidation sites excluding steroid dienone is 1. The third-order valence-electron chi connectivity index (χ3n) is 8.62. The third-order valence-corrected chi connectivity index (χ3v) is 8.62. The fourth-order valence-corrected chi connectivity index (χ4v) is 6.53. The number of halogens is 3. The van der Waals surface area contributed by atoms with Gasteiger partial charge in [-0.15, -0.1) is 6.58 Å². The third kappa shape index (κ3) is 7.54. The monoisotopic (exact) mass is 640 g/mol. The van der Waals surface area contributed by atoms with Crippen LogP contribution in [-0.2, 0) is 11.8 Å². The summed E-state index contributed by atoms with van der Waals surface area (Å²) in [6.45, 7) is 13.4. The first-order valence-electron chi connectivity index (χ1n) is 15.5. The van der Waals surface area contributed by atoms with Crippen molar-refractivity contribution in [2.75, 3.05) is 10.6 Å². The number of hydrogen-bond donors (Lipinski definition) is 3. The van der Waals surface area contributed by atoms with Crippen LogP contribution in [0.1, 0.15) is 68.2 Å². The van der Waals surface area contributed by atoms with Gasteiger partial charge in [0.1, 0.15) is 17.3 Å². The molecule has 5 nitrogen and oxygen atoms in total. The van der Waals surface area contributed by atoms with E-state index >= 15 is 4.39 Å². The summed E-state index contributed by atoms with van der Waals surface area (Å²) in [6, 6.07) is 21.6. The molecule has 1 aliphatic carbocycles. The average Bonchev–Trinajstić information content (AvgIpc) is 3.14. The summed E-state index contributed by atoms with van der Waals surface area (Å²) < 4.78 is 48.0. The van der Waals surface area contributed by atoms with E-state index in [0.717, 1.165) is 39.5 Å². The number of hydrogen-bond acceptors (Lipinski definition) is 3. The van der Waals surface area contributed by atoms with Crippen LogP contribution >= 0.6 is 0 Å². The Morgan fingerprint density at radius 2 is 1.74 bits per heavy atom. The maximum atomic E-state index is 15.7. The Hall–Kier alpha value is -4.98. The number of phenols is 1. The number of para-hydroxylation sites is 1. The first kappa shape index (κ1) is 33.4. The second-order valence-corrected chi connectivity index (χ2v) is 12.7. The smallest absolute Gasteiger partial charge is 0.401 e. The SMILES string of the molecule is C=CCC(F)(F)Oc1ccc(NC(=O)Nc2ccccc2C2CCc3c(O)cc(F)c(-c4ccc(C(=C)C)cc4)c3C(C)(C)C2)cc1. The van der Waals surface area contributed by atoms with E-state index in [-0.39, 0.29) is 17.4 Å². The van der Waals surface area contributed by atoms with Crippen LogP contribution in [0.3, 0.4) is 0 Å². The van der Waals surface area contributed by atoms with Gasteiger partial charge in [0, 0.05) is 23.0 Å². The topological polar surface area (TPSA) is 70.6 Å². The Kier molecular flexibility index (Phi) is 9.52. The minimum Gasteiger partial charge on any atom is -0.508 e. The molecule has 0 saturated carbocycles. The van der Waals surface area contributed by atoms with Crippen molar-refractivity contribution in [1.82, 2.24) is 0 Å². The molecule has 1 aliphatic rings. The van der Waals surface area contributed by atoms with Crippen LogP contribution in [-0.4, -0.2) is 17.2 Å². The molecule has 0 aliphatic heterocycles. The Bertz CT molecular complexity index is 1800. The van der Waals surface area contributed by atoms with E-state index < -0.39 is 29.8 Å². The van der Waals surface area contributed by atoms with Gasteiger partial charge in [0.25, 0.3) is 0 Å². The van der Waals surface area contributed by atoms with Crippen molar-refractivity contribution in [2.45, 2.75) is 63.9 Å². The fourth-order valence-electron chi connectivity index (χ4n) is 6.53. The highest BCUT2D eigenvalue weighted by molar-refractivity contribution is 6.00. The zero-order valence-electron chi connectivity index (χ0n) is 26.8. The molecular weight excluding hydrogens is 601 g/mol. The predicted molar refractivity (Wildman–Crippen MR) is 183 cm³/mol. The van der Waals surface area contributed by atoms with Gasteiger partial charge < -0.3 is 20.5 Å². The summed E-state index contributed by atoms with van der Waals surface area (Å²) in [7, 11) is 0. The first-order valence-corrected chi connectivity index (χ1v) is 15.5. The molecule has 2 amide bonds. The van der Waals surface area contributed by atoms with Crippen molar-refractivity contribution in [1.29, 1.82) is 0 Å². The van der Waals surface area contributed by atoms with E-state index in [0.29, 0.717) is 36.2 Å². The molecular formula is C39H39F3N2O3. The number of carbonyl (C=O) groups is 1. The summed E-state index contributed by atoms with van der Waals surface area (Å²) in [5.41, 5.74) is 6.03. The molecule has 0 aromatic heterocycles. The van der Waals surface area contributed by atoms with Gasteiger partial charge in [-0.1, -0.05) is 74.5 Å². The van der Waals surface area contributed by atoms with E-state index in [1.54, 1.807) is 0 Å². The lowest BCUT2D eigenvalue weighted by atomic mass is 9.72. The number of nitrogens with one attached hydrogen (secondary N) is 2. The zero-order chi connectivity index (χ0) is 33.9. The van der Waals surface area contributed by atoms with Gasteiger partial charge in [-0.25, -0.2) is 9.18 Å². The normalized spacial score (nSPS) is 15.6. The molecule has 47 heavy (non-hydrogen) atoms. The molecule has 8 heteroatoms. The summed E-state index contributed by atoms with van der Waals surface area (Å²) >= 11 is 0. The second-order valence-electron chi connectivity index (χ2n) is 12.7. The van der Waals surface area contributed by atoms with Crippen LogP contribution in [0.2, 0.25) is 0 Å². The second kappa shape index (κ2) is 13.4. The van der Waals surface area contributed by atoms with E-state index in [9.17, 15) is 18.7 Å². The summed E-state index contributed by atoms with van der Waals surface area (Å²) in [4.78, 5) is 13.1. The van der Waals surface area contributed by atoms with Crippen LogP contribution in [0.25, 0.3) is 16.7 Å². The Morgan fingerprint density at radius 3 is 2.40 bits per heavy atom. The van der Waals surface area contributed by atoms with Gasteiger partial charge in [-0.2, -0.15) is 8.78 Å². The summed E-state index contributed by atoms with van der Waals surface area (Å²) in [5, 5.41) is 16.7. The quantitative estimate of drug-likeness (QED) is 0.126. The van der Waals surface area contributed by atoms with E-state index in [1.165, 1.54) is 30.3 Å². The van der Waals surface area contributed by atoms with Gasteiger partial charge in [-0.05, 0) is 95.7 Å². The van der Waals surface area contributed by atoms with Gasteiger partial charge in [0.05, 0.1) is 6.42 Å². The van der Waals surface area contributed by atoms with Gasteiger partial charge in [-0.3, -0.25) is 0 Å². The number of fused-ring (bicyclic) bond motifs is 1. The summed E-state index contributed by atoms with van der Waals surface area (Å²) in [5.74, 6) is -0.591. The number of benzene rings is 4. The molecule has 0 fully saturated rings. The van der Waals surface area contributed by atoms with Crippen LogP contribution in [0, 0.1) is 5.82 Å². The Labute approximate surface area is 273 Å². The summed E-state index contributed by atoms with van der Waals surface area (Å²) in [6.07, 6.45) is -1.09. The molecule has 4 aromatic carbocycles. The number of phenolic OH excluding ortho intramolecular Hbond substituents is 1. The molecule has 1 unspecified atom stereocenters. The van der Waals surface area contributed by atoms with E-state index in [4.69, 9.17) is 4.74 Å². The molecule has 0 bridgehead atoms. The minimum absolute atomic E-state index is 0.0244. The highest BCUT2D eigenvalue weighted by Crippen LogP contribution is 2.50. The molecule has 0 radical (unpaired) electrons. The average molecular weight is 641 g/mol. The zero-order valence-corrected chi connectivity index (χ0v) is 26.8. The van der Waals surface area contributed by atoms with Crippen LogP contribution < -0.4 is 15.4 Å². The maximum Gasteiger partial charge on any atom is 0.401 e. The standard InChI is InChI=1S/C39H39F3N2O3/c1-6-21-39(41,42)47-29-18-16-28(17-19-29)43-37(46)44-33-10-8-7-9-30(33)27-15-20-31-34(45)22-32(40)35(36(31)38(4,5)23-27)26-13-11-25(12-14-26)24(2)3/h6-14,16-19,22,27,45H,1-2,15,20-21,23H2,3-5H3,(H2,43,44,46). The van der Waals surface area contributed by atoms with Crippen LogP contribution in [0.5, 0.6) is 11.5 Å². The lowest BCUT2D eigenvalue weighted by Crippen LogP contribution is -2.24. The van der Waals surface area contributed by atoms with Crippen molar-refractivity contribution in [3.63, 3.8) is 0 Å². The Morgan fingerprint density at radius 1 is 1.06 bits per heavy atom. The fraction of sp³-hybridized carbons (Fsp3) is 0.256. The number of anilines is 2. The Balaban J connectivity index is 1.38. The van der Waals surface area contributed by atoms with Crippen molar-refractivity contribution in [3.05, 3.63) is 126 Å². The van der Waals surface area contributed by atoms with Crippen molar-refractivity contribution in [2.24, 2.45) is 0 Å². The van der Waals surface area contributed by atoms with E-state index in [2.05, 4.69) is 37.6 Å². The maximum absolute atomic E-state index is 15.7. The van der Waals surface area contributed by atoms with Gasteiger partial charge in [0.15, 0.2) is 0 Å². The highest BCUT2D eigenvalue weighted by Gasteiger charge is 2.37. The van der Waals surface area contributed by atoms with Crippen molar-refractivity contribution in [3.8, 4) is 22.6 Å². The molecule has 0 saturated heterocycles. The molecule has 1 atom stereocenters. The molecule has 244 valence electrons. The lowest BCUT2D eigenvalue weighted by molar-refractivity contribution is -0.172. The first-order chi connectivity index (χ1) is 22.3. The number of alkyl halides is 2. The lowest BCUT2D eigenvalue weighted by Gasteiger charge is -2.32. The molecule has 0 heterocycles. The number of carbonyl (C=O) groups excluding carboxylic acids is 1. The van der Waals surface area contributed by atoms with Crippen LogP contribution in [0.4, 0.5) is 29.3 Å². The number of urea groups is 1. The predicted octanol–water partition coefficient (Wildman–Crippen LogP) is 10.8. The largest absolute Gasteiger partial charge is 0.508 e. The molecule has 4 aromatic rings. The molecule has 0 spiro atoms. The number of amides is 2. The van der Waals surface area contributed by atoms with Crippen molar-refractivity contribution < 1.29 is 27.8 Å². The minimum atomic E-state index is -3.38. The number of rotatable bonds is 9. The number of aromatic hydroxyl groups is 1. The molecule has 3 N–H and O–H groups in total. The van der Waals surface area contributed by atoms with Crippen LogP contribution in [0.15, 0.2) is 98.1 Å². The van der Waals surface area contributed by atoms with Gasteiger partial charge in [0.2, 0.25) is 0 Å². The molecule has 5 rings (SSSR count). The van der Waals surface area contributed by atoms with Gasteiger partial charge >= 0.3 is 12.1 Å². The number of ether oxygens (including phenoxy) is 1. The highest BCUT2D eigenvalue weighted by atomic mass is 19.3. The van der Waals surface area contributed by atoms with E-state index in [1.807, 2.05) is 55.5 Å². The van der Waals surface area contributed by atoms with Crippen molar-refractivity contribution >= 4 is 23.0 Å².